The van der Waals surface area contributed by atoms with Crippen LogP contribution >= 0.6 is 0 Å². The second-order valence-corrected chi connectivity index (χ2v) is 1.93. The summed E-state index contributed by atoms with van der Waals surface area (Å²) in [6.07, 6.45) is 0. The number of phenolic OH excluding ortho intramolecular Hbond substituents is 1. The highest BCUT2D eigenvalue weighted by atomic mass is 16.5. The number of benzene rings is 1. The number of rotatable bonds is 2. The summed E-state index contributed by atoms with van der Waals surface area (Å²) in [5, 5.41) is 9.16. The Morgan fingerprint density at radius 2 is 2.09 bits per heavy atom. The molecule has 0 aromatic heterocycles. The lowest BCUT2D eigenvalue weighted by molar-refractivity contribution is 0.333. The lowest BCUT2D eigenvalue weighted by Crippen LogP contribution is -1.89. The molecule has 11 heavy (non-hydrogen) atoms. The van der Waals surface area contributed by atoms with Crippen LogP contribution < -0.4 is 9.47 Å². The van der Waals surface area contributed by atoms with Crippen LogP contribution in [0.2, 0.25) is 0 Å². The van der Waals surface area contributed by atoms with Crippen molar-refractivity contribution in [3.05, 3.63) is 18.2 Å². The van der Waals surface area contributed by atoms with Gasteiger partial charge in [0.2, 0.25) is 5.75 Å². The SMILES string of the molecule is COc1cc[c]c(O)c1OC. The summed E-state index contributed by atoms with van der Waals surface area (Å²) in [4.78, 5) is 0. The highest BCUT2D eigenvalue weighted by molar-refractivity contribution is 5.49. The third-order valence-electron chi connectivity index (χ3n) is 1.32. The second kappa shape index (κ2) is 3.14. The van der Waals surface area contributed by atoms with Crippen molar-refractivity contribution >= 4 is 0 Å². The summed E-state index contributed by atoms with van der Waals surface area (Å²) in [5.74, 6) is 0.783. The molecule has 0 aliphatic carbocycles. The molecule has 0 aliphatic rings. The van der Waals surface area contributed by atoms with E-state index < -0.39 is 0 Å². The highest BCUT2D eigenvalue weighted by Gasteiger charge is 2.06. The molecule has 0 unspecified atom stereocenters. The van der Waals surface area contributed by atoms with Crippen LogP contribution in [-0.4, -0.2) is 19.3 Å². The third kappa shape index (κ3) is 1.37. The summed E-state index contributed by atoms with van der Waals surface area (Å²) < 4.78 is 9.77. The normalized spacial score (nSPS) is 9.27. The fourth-order valence-electron chi connectivity index (χ4n) is 0.812. The van der Waals surface area contributed by atoms with E-state index in [2.05, 4.69) is 6.07 Å². The van der Waals surface area contributed by atoms with Crippen molar-refractivity contribution in [2.24, 2.45) is 0 Å². The second-order valence-electron chi connectivity index (χ2n) is 1.93. The number of hydrogen-bond donors (Lipinski definition) is 1. The molecule has 1 aromatic rings. The molecule has 1 aromatic carbocycles. The molecule has 0 bridgehead atoms. The minimum Gasteiger partial charge on any atom is -0.504 e. The van der Waals surface area contributed by atoms with Crippen LogP contribution in [0.1, 0.15) is 0 Å². The molecule has 59 valence electrons. The van der Waals surface area contributed by atoms with Gasteiger partial charge in [-0.1, -0.05) is 0 Å². The van der Waals surface area contributed by atoms with Gasteiger partial charge in [0, 0.05) is 6.07 Å². The van der Waals surface area contributed by atoms with Crippen LogP contribution in [-0.2, 0) is 0 Å². The molecule has 0 fully saturated rings. The first-order valence-corrected chi connectivity index (χ1v) is 3.11. The van der Waals surface area contributed by atoms with Crippen LogP contribution in [0.4, 0.5) is 0 Å². The maximum atomic E-state index is 9.16. The fourth-order valence-corrected chi connectivity index (χ4v) is 0.812. The number of methoxy groups -OCH3 is 2. The van der Waals surface area contributed by atoms with E-state index in [9.17, 15) is 0 Å². The monoisotopic (exact) mass is 153 g/mol. The van der Waals surface area contributed by atoms with Gasteiger partial charge in [0.1, 0.15) is 0 Å². The van der Waals surface area contributed by atoms with Crippen molar-refractivity contribution in [1.29, 1.82) is 0 Å². The van der Waals surface area contributed by atoms with Gasteiger partial charge in [-0.05, 0) is 12.1 Å². The number of hydrogen-bond acceptors (Lipinski definition) is 3. The van der Waals surface area contributed by atoms with E-state index in [0.29, 0.717) is 11.5 Å². The number of phenols is 1. The summed E-state index contributed by atoms with van der Waals surface area (Å²) in [6, 6.07) is 5.81. The third-order valence-corrected chi connectivity index (χ3v) is 1.32. The van der Waals surface area contributed by atoms with Crippen LogP contribution in [0, 0.1) is 6.07 Å². The van der Waals surface area contributed by atoms with Gasteiger partial charge in [0.15, 0.2) is 11.5 Å². The molecule has 1 N–H and O–H groups in total. The smallest absolute Gasteiger partial charge is 0.203 e. The molecular weight excluding hydrogens is 144 g/mol. The zero-order valence-electron chi connectivity index (χ0n) is 6.42. The predicted molar refractivity (Wildman–Crippen MR) is 40.0 cm³/mol. The Hall–Kier alpha value is -1.38. The average molecular weight is 153 g/mol. The number of ether oxygens (including phenoxy) is 2. The molecule has 0 saturated heterocycles. The van der Waals surface area contributed by atoms with Crippen molar-refractivity contribution in [1.82, 2.24) is 0 Å². The zero-order valence-corrected chi connectivity index (χ0v) is 6.42. The van der Waals surface area contributed by atoms with Crippen molar-refractivity contribution in [2.75, 3.05) is 14.2 Å². The van der Waals surface area contributed by atoms with E-state index in [1.54, 1.807) is 12.1 Å². The molecule has 0 aliphatic heterocycles. The molecular formula is C8H9O3. The van der Waals surface area contributed by atoms with Crippen LogP contribution in [0.3, 0.4) is 0 Å². The Morgan fingerprint density at radius 3 is 2.55 bits per heavy atom. The van der Waals surface area contributed by atoms with Gasteiger partial charge < -0.3 is 14.6 Å². The van der Waals surface area contributed by atoms with Gasteiger partial charge in [0.05, 0.1) is 14.2 Å². The van der Waals surface area contributed by atoms with E-state index >= 15 is 0 Å². The van der Waals surface area contributed by atoms with Crippen molar-refractivity contribution in [3.63, 3.8) is 0 Å². The van der Waals surface area contributed by atoms with E-state index in [1.807, 2.05) is 0 Å². The largest absolute Gasteiger partial charge is 0.504 e. The van der Waals surface area contributed by atoms with E-state index in [1.165, 1.54) is 14.2 Å². The Morgan fingerprint density at radius 1 is 1.36 bits per heavy atom. The first-order valence-electron chi connectivity index (χ1n) is 3.11. The van der Waals surface area contributed by atoms with Crippen molar-refractivity contribution in [3.8, 4) is 17.2 Å². The van der Waals surface area contributed by atoms with Crippen molar-refractivity contribution in [2.45, 2.75) is 0 Å². The van der Waals surface area contributed by atoms with Crippen molar-refractivity contribution < 1.29 is 14.6 Å². The minimum atomic E-state index is -0.0353. The first-order chi connectivity index (χ1) is 5.29. The highest BCUT2D eigenvalue weighted by Crippen LogP contribution is 2.34. The quantitative estimate of drug-likeness (QED) is 0.694. The summed E-state index contributed by atoms with van der Waals surface area (Å²) >= 11 is 0. The Kier molecular flexibility index (Phi) is 2.21. The predicted octanol–water partition coefficient (Wildman–Crippen LogP) is 1.21. The molecule has 0 heterocycles. The summed E-state index contributed by atoms with van der Waals surface area (Å²) in [7, 11) is 2.97. The van der Waals surface area contributed by atoms with Gasteiger partial charge in [0.25, 0.3) is 0 Å². The molecule has 3 heteroatoms. The molecule has 0 spiro atoms. The molecule has 0 amide bonds. The lowest BCUT2D eigenvalue weighted by atomic mass is 10.3. The van der Waals surface area contributed by atoms with E-state index in [0.717, 1.165) is 0 Å². The number of aromatic hydroxyl groups is 1. The molecule has 1 radical (unpaired) electrons. The van der Waals surface area contributed by atoms with E-state index in [4.69, 9.17) is 14.6 Å². The van der Waals surface area contributed by atoms with Gasteiger partial charge in [-0.3, -0.25) is 0 Å². The maximum absolute atomic E-state index is 9.16. The Labute approximate surface area is 65.2 Å². The standard InChI is InChI=1S/C8H9O3/c1-10-7-5-3-4-6(9)8(7)11-2/h3,5,9H,1-2H3. The van der Waals surface area contributed by atoms with Gasteiger partial charge >= 0.3 is 0 Å². The fraction of sp³-hybridized carbons (Fsp3) is 0.250. The Bertz CT molecular complexity index is 245. The van der Waals surface area contributed by atoms with Gasteiger partial charge in [-0.15, -0.1) is 0 Å². The van der Waals surface area contributed by atoms with Crippen LogP contribution in [0.5, 0.6) is 17.2 Å². The van der Waals surface area contributed by atoms with Crippen LogP contribution in [0.25, 0.3) is 0 Å². The molecule has 0 saturated carbocycles. The zero-order chi connectivity index (χ0) is 8.27. The first kappa shape index (κ1) is 7.72. The van der Waals surface area contributed by atoms with E-state index in [-0.39, 0.29) is 5.75 Å². The molecule has 3 nitrogen and oxygen atoms in total. The Balaban J connectivity index is 3.13. The summed E-state index contributed by atoms with van der Waals surface area (Å²) in [6.45, 7) is 0. The van der Waals surface area contributed by atoms with Gasteiger partial charge in [-0.25, -0.2) is 0 Å². The lowest BCUT2D eigenvalue weighted by Gasteiger charge is -2.07. The maximum Gasteiger partial charge on any atom is 0.203 e. The molecule has 1 rings (SSSR count). The average Bonchev–Trinajstić information content (AvgIpc) is 2.04. The topological polar surface area (TPSA) is 38.7 Å². The minimum absolute atomic E-state index is 0.0353. The molecule has 0 atom stereocenters. The van der Waals surface area contributed by atoms with Gasteiger partial charge in [-0.2, -0.15) is 0 Å². The van der Waals surface area contributed by atoms with Crippen LogP contribution in [0.15, 0.2) is 12.1 Å². The summed E-state index contributed by atoms with van der Waals surface area (Å²) in [5.41, 5.74) is 0.